The first-order valence-corrected chi connectivity index (χ1v) is 8.14. The molecule has 0 saturated heterocycles. The van der Waals surface area contributed by atoms with Gasteiger partial charge in [0.1, 0.15) is 0 Å². The summed E-state index contributed by atoms with van der Waals surface area (Å²) >= 11 is 0. The van der Waals surface area contributed by atoms with Gasteiger partial charge in [-0.1, -0.05) is 33.8 Å². The average molecular weight is 284 g/mol. The molecule has 1 atom stereocenters. The Morgan fingerprint density at radius 1 is 1.26 bits per heavy atom. The van der Waals surface area contributed by atoms with Crippen molar-refractivity contribution in [3.05, 3.63) is 23.8 Å². The van der Waals surface area contributed by atoms with E-state index in [1.54, 1.807) is 12.1 Å². The van der Waals surface area contributed by atoms with Crippen molar-refractivity contribution < 1.29 is 8.42 Å². The molecule has 19 heavy (non-hydrogen) atoms. The van der Waals surface area contributed by atoms with E-state index in [0.717, 1.165) is 5.56 Å². The molecule has 0 aliphatic rings. The number of rotatable bonds is 6. The molecule has 0 aliphatic carbocycles. The molecular weight excluding hydrogens is 260 g/mol. The summed E-state index contributed by atoms with van der Waals surface area (Å²) in [5.41, 5.74) is 6.95. The van der Waals surface area contributed by atoms with Gasteiger partial charge in [-0.15, -0.1) is 0 Å². The van der Waals surface area contributed by atoms with Gasteiger partial charge >= 0.3 is 0 Å². The van der Waals surface area contributed by atoms with Crippen LogP contribution in [-0.2, 0) is 16.4 Å². The highest BCUT2D eigenvalue weighted by Crippen LogP contribution is 2.20. The smallest absolute Gasteiger partial charge is 0.240 e. The summed E-state index contributed by atoms with van der Waals surface area (Å²) in [7, 11) is -3.48. The van der Waals surface area contributed by atoms with Crippen LogP contribution >= 0.6 is 0 Å². The van der Waals surface area contributed by atoms with E-state index >= 15 is 0 Å². The minimum absolute atomic E-state index is 0.293. The standard InChI is InChI=1S/C14H24N2O2S/c1-5-12-6-7-13(15)8-14(12)19(17,18)16-9-11(4)10(2)3/h6-8,10-11,16H,5,9,15H2,1-4H3. The van der Waals surface area contributed by atoms with Gasteiger partial charge in [-0.2, -0.15) is 0 Å². The monoisotopic (exact) mass is 284 g/mol. The zero-order valence-corrected chi connectivity index (χ0v) is 12.9. The third-order valence-corrected chi connectivity index (χ3v) is 5.00. The molecule has 0 aromatic heterocycles. The first kappa shape index (κ1) is 16.0. The Morgan fingerprint density at radius 2 is 1.89 bits per heavy atom. The van der Waals surface area contributed by atoms with E-state index in [4.69, 9.17) is 5.73 Å². The maximum Gasteiger partial charge on any atom is 0.240 e. The first-order chi connectivity index (χ1) is 8.77. The zero-order chi connectivity index (χ0) is 14.6. The van der Waals surface area contributed by atoms with E-state index in [2.05, 4.69) is 18.6 Å². The molecule has 0 aliphatic heterocycles. The van der Waals surface area contributed by atoms with Crippen molar-refractivity contribution in [2.45, 2.75) is 39.0 Å². The van der Waals surface area contributed by atoms with Gasteiger partial charge in [0.15, 0.2) is 0 Å². The Balaban J connectivity index is 2.97. The Bertz CT molecular complexity index is 524. The van der Waals surface area contributed by atoms with Gasteiger partial charge in [-0.3, -0.25) is 0 Å². The number of sulfonamides is 1. The quantitative estimate of drug-likeness (QED) is 0.788. The van der Waals surface area contributed by atoms with E-state index in [9.17, 15) is 8.42 Å². The third-order valence-electron chi connectivity index (χ3n) is 3.50. The van der Waals surface area contributed by atoms with Crippen LogP contribution in [-0.4, -0.2) is 15.0 Å². The van der Waals surface area contributed by atoms with Crippen molar-refractivity contribution in [1.82, 2.24) is 4.72 Å². The second-order valence-corrected chi connectivity index (χ2v) is 7.03. The molecule has 0 saturated carbocycles. The molecule has 0 amide bonds. The predicted octanol–water partition coefficient (Wildman–Crippen LogP) is 2.40. The lowest BCUT2D eigenvalue weighted by atomic mass is 9.99. The Hall–Kier alpha value is -1.07. The molecule has 4 nitrogen and oxygen atoms in total. The number of nitrogens with two attached hydrogens (primary N) is 1. The maximum absolute atomic E-state index is 12.3. The number of nitrogen functional groups attached to an aromatic ring is 1. The molecule has 3 N–H and O–H groups in total. The molecule has 1 aromatic carbocycles. The SMILES string of the molecule is CCc1ccc(N)cc1S(=O)(=O)NCC(C)C(C)C. The summed E-state index contributed by atoms with van der Waals surface area (Å²) in [6.07, 6.45) is 0.663. The van der Waals surface area contributed by atoms with Crippen LogP contribution in [0.2, 0.25) is 0 Å². The van der Waals surface area contributed by atoms with Gasteiger partial charge < -0.3 is 5.73 Å². The Morgan fingerprint density at radius 3 is 2.42 bits per heavy atom. The van der Waals surface area contributed by atoms with Crippen molar-refractivity contribution in [2.24, 2.45) is 11.8 Å². The number of nitrogens with one attached hydrogen (secondary N) is 1. The van der Waals surface area contributed by atoms with Crippen LogP contribution < -0.4 is 10.5 Å². The van der Waals surface area contributed by atoms with Crippen molar-refractivity contribution in [3.63, 3.8) is 0 Å². The van der Waals surface area contributed by atoms with Crippen LogP contribution in [0.25, 0.3) is 0 Å². The summed E-state index contributed by atoms with van der Waals surface area (Å²) in [5.74, 6) is 0.732. The lowest BCUT2D eigenvalue weighted by Crippen LogP contribution is -2.30. The van der Waals surface area contributed by atoms with Crippen molar-refractivity contribution >= 4 is 15.7 Å². The lowest BCUT2D eigenvalue weighted by molar-refractivity contribution is 0.414. The molecule has 0 fully saturated rings. The summed E-state index contributed by atoms with van der Waals surface area (Å²) in [4.78, 5) is 0.297. The van der Waals surface area contributed by atoms with Gasteiger partial charge in [0, 0.05) is 12.2 Å². The highest BCUT2D eigenvalue weighted by Gasteiger charge is 2.19. The van der Waals surface area contributed by atoms with E-state index in [-0.39, 0.29) is 0 Å². The largest absolute Gasteiger partial charge is 0.399 e. The molecular formula is C14H24N2O2S. The van der Waals surface area contributed by atoms with E-state index in [1.165, 1.54) is 6.07 Å². The number of anilines is 1. The van der Waals surface area contributed by atoms with Crippen LogP contribution in [0, 0.1) is 11.8 Å². The lowest BCUT2D eigenvalue weighted by Gasteiger charge is -2.17. The van der Waals surface area contributed by atoms with Crippen molar-refractivity contribution in [1.29, 1.82) is 0 Å². The fraction of sp³-hybridized carbons (Fsp3) is 0.571. The Kier molecular flexibility index (Phi) is 5.38. The van der Waals surface area contributed by atoms with Crippen molar-refractivity contribution in [2.75, 3.05) is 12.3 Å². The Labute approximate surface area is 116 Å². The molecule has 1 rings (SSSR count). The average Bonchev–Trinajstić information content (AvgIpc) is 2.35. The van der Waals surface area contributed by atoms with Gasteiger partial charge in [-0.25, -0.2) is 13.1 Å². The minimum atomic E-state index is -3.48. The fourth-order valence-corrected chi connectivity index (χ4v) is 3.15. The first-order valence-electron chi connectivity index (χ1n) is 6.66. The summed E-state index contributed by atoms with van der Waals surface area (Å²) in [5, 5.41) is 0. The second kappa shape index (κ2) is 6.39. The van der Waals surface area contributed by atoms with Crippen LogP contribution in [0.4, 0.5) is 5.69 Å². The van der Waals surface area contributed by atoms with Gasteiger partial charge in [0.05, 0.1) is 4.90 Å². The zero-order valence-electron chi connectivity index (χ0n) is 12.1. The molecule has 108 valence electrons. The summed E-state index contributed by atoms with van der Waals surface area (Å²) < 4.78 is 27.3. The van der Waals surface area contributed by atoms with Crippen LogP contribution in [0.15, 0.2) is 23.1 Å². The molecule has 0 spiro atoms. The number of hydrogen-bond donors (Lipinski definition) is 2. The summed E-state index contributed by atoms with van der Waals surface area (Å²) in [6, 6.07) is 5.03. The number of benzene rings is 1. The minimum Gasteiger partial charge on any atom is -0.399 e. The summed E-state index contributed by atoms with van der Waals surface area (Å²) in [6.45, 7) is 8.57. The van der Waals surface area contributed by atoms with E-state index in [0.29, 0.717) is 35.4 Å². The predicted molar refractivity (Wildman–Crippen MR) is 79.4 cm³/mol. The fourth-order valence-electron chi connectivity index (χ4n) is 1.67. The third kappa shape index (κ3) is 4.21. The molecule has 0 radical (unpaired) electrons. The van der Waals surface area contributed by atoms with Crippen molar-refractivity contribution in [3.8, 4) is 0 Å². The van der Waals surface area contributed by atoms with Crippen LogP contribution in [0.5, 0.6) is 0 Å². The van der Waals surface area contributed by atoms with Crippen LogP contribution in [0.3, 0.4) is 0 Å². The van der Waals surface area contributed by atoms with E-state index in [1.807, 2.05) is 13.8 Å². The van der Waals surface area contributed by atoms with E-state index < -0.39 is 10.0 Å². The number of aryl methyl sites for hydroxylation is 1. The molecule has 1 aromatic rings. The second-order valence-electron chi connectivity index (χ2n) is 5.29. The van der Waals surface area contributed by atoms with Gasteiger partial charge in [-0.05, 0) is 36.0 Å². The van der Waals surface area contributed by atoms with Gasteiger partial charge in [0.2, 0.25) is 10.0 Å². The number of hydrogen-bond acceptors (Lipinski definition) is 3. The normalized spacial score (nSPS) is 13.7. The topological polar surface area (TPSA) is 72.2 Å². The molecule has 1 unspecified atom stereocenters. The highest BCUT2D eigenvalue weighted by atomic mass is 32.2. The molecule has 0 bridgehead atoms. The highest BCUT2D eigenvalue weighted by molar-refractivity contribution is 7.89. The molecule has 5 heteroatoms. The molecule has 0 heterocycles. The van der Waals surface area contributed by atoms with Gasteiger partial charge in [0.25, 0.3) is 0 Å². The van der Waals surface area contributed by atoms with Crippen LogP contribution in [0.1, 0.15) is 33.3 Å². The maximum atomic E-state index is 12.3.